The van der Waals surface area contributed by atoms with E-state index in [0.717, 1.165) is 16.8 Å². The first-order chi connectivity index (χ1) is 13.5. The Morgan fingerprint density at radius 1 is 0.929 bits per heavy atom. The minimum Gasteiger partial charge on any atom is -0.465 e. The SMILES string of the molecule is COC(=O)c1ccccc1NC(=O)c1cnc(Nc2c(C)cccc2C)cn1. The predicted octanol–water partition coefficient (Wildman–Crippen LogP) is 3.88. The number of para-hydroxylation sites is 2. The number of hydrogen-bond donors (Lipinski definition) is 2. The Labute approximate surface area is 162 Å². The first-order valence-corrected chi connectivity index (χ1v) is 8.63. The highest BCUT2D eigenvalue weighted by Crippen LogP contribution is 2.23. The monoisotopic (exact) mass is 376 g/mol. The van der Waals surface area contributed by atoms with Crippen molar-refractivity contribution in [3.63, 3.8) is 0 Å². The van der Waals surface area contributed by atoms with Crippen molar-refractivity contribution in [3.8, 4) is 0 Å². The maximum Gasteiger partial charge on any atom is 0.339 e. The lowest BCUT2D eigenvalue weighted by Crippen LogP contribution is -2.17. The molecule has 0 atom stereocenters. The van der Waals surface area contributed by atoms with Crippen molar-refractivity contribution < 1.29 is 14.3 Å². The van der Waals surface area contributed by atoms with Gasteiger partial charge in [0.2, 0.25) is 0 Å². The van der Waals surface area contributed by atoms with Gasteiger partial charge in [0.05, 0.1) is 30.8 Å². The number of carbonyl (C=O) groups excluding carboxylic acids is 2. The van der Waals surface area contributed by atoms with Crippen LogP contribution in [0.2, 0.25) is 0 Å². The zero-order valence-electron chi connectivity index (χ0n) is 15.8. The first kappa shape index (κ1) is 19.0. The Bertz CT molecular complexity index is 996. The number of benzene rings is 2. The smallest absolute Gasteiger partial charge is 0.339 e. The normalized spacial score (nSPS) is 10.2. The van der Waals surface area contributed by atoms with Gasteiger partial charge in [0.1, 0.15) is 11.5 Å². The zero-order chi connectivity index (χ0) is 20.1. The third-order valence-corrected chi connectivity index (χ3v) is 4.20. The van der Waals surface area contributed by atoms with Gasteiger partial charge in [-0.05, 0) is 37.1 Å². The molecule has 7 nitrogen and oxygen atoms in total. The van der Waals surface area contributed by atoms with Crippen molar-refractivity contribution in [1.82, 2.24) is 9.97 Å². The summed E-state index contributed by atoms with van der Waals surface area (Å²) < 4.78 is 4.73. The van der Waals surface area contributed by atoms with Crippen LogP contribution in [0.1, 0.15) is 32.0 Å². The molecule has 0 spiro atoms. The van der Waals surface area contributed by atoms with Gasteiger partial charge in [-0.1, -0.05) is 30.3 Å². The van der Waals surface area contributed by atoms with E-state index in [1.54, 1.807) is 24.3 Å². The summed E-state index contributed by atoms with van der Waals surface area (Å²) in [6, 6.07) is 12.6. The Kier molecular flexibility index (Phi) is 5.64. The number of amides is 1. The van der Waals surface area contributed by atoms with Crippen LogP contribution in [0.5, 0.6) is 0 Å². The lowest BCUT2D eigenvalue weighted by molar-refractivity contribution is 0.0602. The Morgan fingerprint density at radius 2 is 1.64 bits per heavy atom. The molecule has 0 unspecified atom stereocenters. The van der Waals surface area contributed by atoms with E-state index in [9.17, 15) is 9.59 Å². The van der Waals surface area contributed by atoms with E-state index in [1.807, 2.05) is 32.0 Å². The highest BCUT2D eigenvalue weighted by atomic mass is 16.5. The third kappa shape index (κ3) is 4.15. The summed E-state index contributed by atoms with van der Waals surface area (Å²) in [7, 11) is 1.29. The van der Waals surface area contributed by atoms with Crippen molar-refractivity contribution in [2.45, 2.75) is 13.8 Å². The van der Waals surface area contributed by atoms with E-state index in [2.05, 4.69) is 20.6 Å². The number of rotatable bonds is 5. The number of nitrogens with zero attached hydrogens (tertiary/aromatic N) is 2. The number of nitrogens with one attached hydrogen (secondary N) is 2. The molecule has 2 aromatic carbocycles. The minimum absolute atomic E-state index is 0.131. The molecule has 0 bridgehead atoms. The van der Waals surface area contributed by atoms with Crippen molar-refractivity contribution in [3.05, 3.63) is 77.2 Å². The van der Waals surface area contributed by atoms with Crippen LogP contribution in [-0.2, 0) is 4.74 Å². The standard InChI is InChI=1S/C21H20N4O3/c1-13-7-6-8-14(2)19(13)25-18-12-22-17(11-23-18)20(26)24-16-10-5-4-9-15(16)21(27)28-3/h4-12H,1-3H3,(H,23,25)(H,24,26). The molecule has 3 rings (SSSR count). The van der Waals surface area contributed by atoms with Crippen LogP contribution in [0.4, 0.5) is 17.2 Å². The highest BCUT2D eigenvalue weighted by molar-refractivity contribution is 6.06. The number of ether oxygens (including phenoxy) is 1. The lowest BCUT2D eigenvalue weighted by Gasteiger charge is -2.12. The zero-order valence-corrected chi connectivity index (χ0v) is 15.8. The fraction of sp³-hybridized carbons (Fsp3) is 0.143. The molecule has 3 aromatic rings. The van der Waals surface area contributed by atoms with Crippen LogP contribution < -0.4 is 10.6 Å². The fourth-order valence-corrected chi connectivity index (χ4v) is 2.72. The highest BCUT2D eigenvalue weighted by Gasteiger charge is 2.15. The molecule has 142 valence electrons. The molecule has 0 aliphatic heterocycles. The number of hydrogen-bond acceptors (Lipinski definition) is 6. The summed E-state index contributed by atoms with van der Waals surface area (Å²) in [5.41, 5.74) is 3.87. The lowest BCUT2D eigenvalue weighted by atomic mass is 10.1. The summed E-state index contributed by atoms with van der Waals surface area (Å²) in [5.74, 6) is -0.471. The number of carbonyl (C=O) groups is 2. The second-order valence-electron chi connectivity index (χ2n) is 6.17. The second-order valence-corrected chi connectivity index (χ2v) is 6.17. The summed E-state index contributed by atoms with van der Waals surface area (Å²) in [6.07, 6.45) is 2.87. The van der Waals surface area contributed by atoms with Gasteiger partial charge < -0.3 is 15.4 Å². The second kappa shape index (κ2) is 8.30. The van der Waals surface area contributed by atoms with E-state index < -0.39 is 11.9 Å². The van der Waals surface area contributed by atoms with Crippen molar-refractivity contribution in [1.29, 1.82) is 0 Å². The van der Waals surface area contributed by atoms with Gasteiger partial charge in [0.15, 0.2) is 0 Å². The average Bonchev–Trinajstić information content (AvgIpc) is 2.71. The van der Waals surface area contributed by atoms with Gasteiger partial charge in [-0.3, -0.25) is 4.79 Å². The van der Waals surface area contributed by atoms with Crippen LogP contribution in [0.15, 0.2) is 54.9 Å². The molecule has 2 N–H and O–H groups in total. The third-order valence-electron chi connectivity index (χ3n) is 4.20. The molecular weight excluding hydrogens is 356 g/mol. The van der Waals surface area contributed by atoms with Crippen molar-refractivity contribution in [2.24, 2.45) is 0 Å². The van der Waals surface area contributed by atoms with E-state index in [-0.39, 0.29) is 11.3 Å². The van der Waals surface area contributed by atoms with E-state index in [4.69, 9.17) is 4.74 Å². The topological polar surface area (TPSA) is 93.2 Å². The van der Waals surface area contributed by atoms with Crippen LogP contribution >= 0.6 is 0 Å². The molecule has 0 radical (unpaired) electrons. The first-order valence-electron chi connectivity index (χ1n) is 8.63. The molecule has 1 heterocycles. The number of aromatic nitrogens is 2. The quantitative estimate of drug-likeness (QED) is 0.657. The Hall–Kier alpha value is -3.74. The molecule has 0 saturated carbocycles. The van der Waals surface area contributed by atoms with Gasteiger partial charge in [-0.25, -0.2) is 14.8 Å². The molecular formula is C21H20N4O3. The number of esters is 1. The molecule has 28 heavy (non-hydrogen) atoms. The van der Waals surface area contributed by atoms with Gasteiger partial charge in [0, 0.05) is 5.69 Å². The molecule has 0 aliphatic carbocycles. The number of methoxy groups -OCH3 is 1. The molecule has 7 heteroatoms. The minimum atomic E-state index is -0.532. The maximum absolute atomic E-state index is 12.5. The summed E-state index contributed by atoms with van der Waals surface area (Å²) in [6.45, 7) is 4.01. The van der Waals surface area contributed by atoms with E-state index in [0.29, 0.717) is 11.5 Å². The van der Waals surface area contributed by atoms with Gasteiger partial charge in [0.25, 0.3) is 5.91 Å². The van der Waals surface area contributed by atoms with Crippen molar-refractivity contribution >= 4 is 29.1 Å². The summed E-state index contributed by atoms with van der Waals surface area (Å²) in [4.78, 5) is 32.7. The van der Waals surface area contributed by atoms with Crippen LogP contribution in [0, 0.1) is 13.8 Å². The molecule has 0 saturated heterocycles. The summed E-state index contributed by atoms with van der Waals surface area (Å²) in [5, 5.41) is 5.89. The molecule has 1 aromatic heterocycles. The average molecular weight is 376 g/mol. The van der Waals surface area contributed by atoms with Gasteiger partial charge in [-0.15, -0.1) is 0 Å². The Balaban J connectivity index is 1.75. The van der Waals surface area contributed by atoms with E-state index >= 15 is 0 Å². The van der Waals surface area contributed by atoms with Crippen molar-refractivity contribution in [2.75, 3.05) is 17.7 Å². The summed E-state index contributed by atoms with van der Waals surface area (Å²) >= 11 is 0. The van der Waals surface area contributed by atoms with Crippen LogP contribution in [-0.4, -0.2) is 29.0 Å². The number of anilines is 3. The van der Waals surface area contributed by atoms with Crippen LogP contribution in [0.3, 0.4) is 0 Å². The van der Waals surface area contributed by atoms with Gasteiger partial charge >= 0.3 is 5.97 Å². The molecule has 1 amide bonds. The van der Waals surface area contributed by atoms with Crippen LogP contribution in [0.25, 0.3) is 0 Å². The largest absolute Gasteiger partial charge is 0.465 e. The predicted molar refractivity (Wildman–Crippen MR) is 107 cm³/mol. The maximum atomic E-state index is 12.5. The van der Waals surface area contributed by atoms with Gasteiger partial charge in [-0.2, -0.15) is 0 Å². The molecule has 0 aliphatic rings. The Morgan fingerprint density at radius 3 is 2.29 bits per heavy atom. The fourth-order valence-electron chi connectivity index (χ4n) is 2.72. The van der Waals surface area contributed by atoms with E-state index in [1.165, 1.54) is 19.5 Å². The molecule has 0 fully saturated rings. The number of aryl methyl sites for hydroxylation is 2.